The van der Waals surface area contributed by atoms with E-state index in [1.165, 1.54) is 44.4 Å². The van der Waals surface area contributed by atoms with Gasteiger partial charge in [-0.2, -0.15) is 0 Å². The average Bonchev–Trinajstić information content (AvgIpc) is 2.66. The smallest absolute Gasteiger partial charge is 0.273 e. The molecule has 1 N–H and O–H groups in total. The number of nitrogens with zero attached hydrogens (tertiary/aromatic N) is 2. The van der Waals surface area contributed by atoms with Crippen molar-refractivity contribution in [3.05, 3.63) is 57.1 Å². The first kappa shape index (κ1) is 22.4. The van der Waals surface area contributed by atoms with Crippen molar-refractivity contribution in [3.63, 3.8) is 0 Å². The van der Waals surface area contributed by atoms with Gasteiger partial charge < -0.3 is 10.1 Å². The second-order valence-corrected chi connectivity index (χ2v) is 8.29. The largest absolute Gasteiger partial charge is 0.495 e. The number of anilines is 1. The SMILES string of the molecule is CCNC(=O)CN(c1cc(Cl)ccc1OC)S(=O)(=O)c1ccc(C)c([N+](=O)[O-])c1. The molecular formula is C18H20ClN3O6S. The lowest BCUT2D eigenvalue weighted by Gasteiger charge is -2.25. The Bertz CT molecular complexity index is 1040. The number of methoxy groups -OCH3 is 1. The Hall–Kier alpha value is -2.85. The van der Waals surface area contributed by atoms with Crippen LogP contribution in [0.5, 0.6) is 5.75 Å². The highest BCUT2D eigenvalue weighted by atomic mass is 35.5. The van der Waals surface area contributed by atoms with E-state index >= 15 is 0 Å². The Morgan fingerprint density at radius 1 is 1.28 bits per heavy atom. The van der Waals surface area contributed by atoms with Crippen LogP contribution in [0.15, 0.2) is 41.3 Å². The molecule has 0 saturated carbocycles. The van der Waals surface area contributed by atoms with Crippen LogP contribution in [0.25, 0.3) is 0 Å². The van der Waals surface area contributed by atoms with Crippen LogP contribution in [0.4, 0.5) is 11.4 Å². The number of carbonyl (C=O) groups is 1. The van der Waals surface area contributed by atoms with Crippen molar-refractivity contribution in [2.75, 3.05) is 24.5 Å². The first-order valence-corrected chi connectivity index (χ1v) is 10.3. The molecule has 0 bridgehead atoms. The number of rotatable bonds is 8. The number of likely N-dealkylation sites (N-methyl/N-ethyl adjacent to an activating group) is 1. The summed E-state index contributed by atoms with van der Waals surface area (Å²) in [6, 6.07) is 7.88. The summed E-state index contributed by atoms with van der Waals surface area (Å²) in [5.41, 5.74) is 0.00105. The van der Waals surface area contributed by atoms with Crippen molar-refractivity contribution >= 4 is 38.9 Å². The van der Waals surface area contributed by atoms with Gasteiger partial charge in [0.1, 0.15) is 12.3 Å². The second kappa shape index (κ2) is 9.10. The van der Waals surface area contributed by atoms with E-state index in [2.05, 4.69) is 5.32 Å². The molecule has 0 aliphatic carbocycles. The molecular weight excluding hydrogens is 422 g/mol. The van der Waals surface area contributed by atoms with Crippen LogP contribution in [-0.2, 0) is 14.8 Å². The van der Waals surface area contributed by atoms with Crippen LogP contribution >= 0.6 is 11.6 Å². The number of halogens is 1. The molecule has 156 valence electrons. The molecule has 0 fully saturated rings. The van der Waals surface area contributed by atoms with Gasteiger partial charge in [0.05, 0.1) is 22.6 Å². The summed E-state index contributed by atoms with van der Waals surface area (Å²) in [7, 11) is -3.01. The lowest BCUT2D eigenvalue weighted by Crippen LogP contribution is -2.41. The molecule has 0 atom stereocenters. The van der Waals surface area contributed by atoms with E-state index in [0.29, 0.717) is 12.1 Å². The number of carbonyl (C=O) groups excluding carboxylic acids is 1. The Balaban J connectivity index is 2.68. The van der Waals surface area contributed by atoms with Gasteiger partial charge in [-0.25, -0.2) is 8.42 Å². The summed E-state index contributed by atoms with van der Waals surface area (Å²) in [5.74, 6) is -0.386. The fourth-order valence-electron chi connectivity index (χ4n) is 2.61. The molecule has 29 heavy (non-hydrogen) atoms. The zero-order valence-electron chi connectivity index (χ0n) is 16.0. The summed E-state index contributed by atoms with van der Waals surface area (Å²) in [4.78, 5) is 22.5. The summed E-state index contributed by atoms with van der Waals surface area (Å²) >= 11 is 6.03. The minimum atomic E-state index is -4.36. The lowest BCUT2D eigenvalue weighted by atomic mass is 10.2. The van der Waals surface area contributed by atoms with E-state index in [0.717, 1.165) is 10.4 Å². The Morgan fingerprint density at radius 3 is 2.55 bits per heavy atom. The van der Waals surface area contributed by atoms with Crippen molar-refractivity contribution in [2.24, 2.45) is 0 Å². The summed E-state index contributed by atoms with van der Waals surface area (Å²) in [5, 5.41) is 14.0. The van der Waals surface area contributed by atoms with E-state index in [-0.39, 0.29) is 27.0 Å². The van der Waals surface area contributed by atoms with E-state index in [9.17, 15) is 23.3 Å². The summed E-state index contributed by atoms with van der Waals surface area (Å²) in [6.45, 7) is 2.94. The number of ether oxygens (including phenoxy) is 1. The molecule has 2 rings (SSSR count). The van der Waals surface area contributed by atoms with Gasteiger partial charge in [0.15, 0.2) is 0 Å². The van der Waals surface area contributed by atoms with Crippen molar-refractivity contribution in [1.82, 2.24) is 5.32 Å². The fourth-order valence-corrected chi connectivity index (χ4v) is 4.22. The predicted octanol–water partition coefficient (Wildman–Crippen LogP) is 2.90. The third-order valence-electron chi connectivity index (χ3n) is 4.04. The quantitative estimate of drug-likeness (QED) is 0.497. The first-order valence-electron chi connectivity index (χ1n) is 8.49. The number of hydrogen-bond acceptors (Lipinski definition) is 6. The minimum absolute atomic E-state index is 0.0366. The third-order valence-corrected chi connectivity index (χ3v) is 6.03. The van der Waals surface area contributed by atoms with E-state index in [1.54, 1.807) is 6.92 Å². The van der Waals surface area contributed by atoms with Crippen molar-refractivity contribution in [1.29, 1.82) is 0 Å². The Morgan fingerprint density at radius 2 is 1.97 bits per heavy atom. The lowest BCUT2D eigenvalue weighted by molar-refractivity contribution is -0.385. The maximum Gasteiger partial charge on any atom is 0.273 e. The Kier molecular flexibility index (Phi) is 7.04. The normalized spacial score (nSPS) is 11.0. The molecule has 0 aliphatic rings. The number of sulfonamides is 1. The van der Waals surface area contributed by atoms with Gasteiger partial charge in [0.2, 0.25) is 5.91 Å². The van der Waals surface area contributed by atoms with Gasteiger partial charge in [0, 0.05) is 23.2 Å². The number of hydrogen-bond donors (Lipinski definition) is 1. The highest BCUT2D eigenvalue weighted by Crippen LogP contribution is 2.35. The van der Waals surface area contributed by atoms with Crippen molar-refractivity contribution in [3.8, 4) is 5.75 Å². The minimum Gasteiger partial charge on any atom is -0.495 e. The molecule has 9 nitrogen and oxygen atoms in total. The monoisotopic (exact) mass is 441 g/mol. The molecule has 0 saturated heterocycles. The second-order valence-electron chi connectivity index (χ2n) is 5.99. The topological polar surface area (TPSA) is 119 Å². The molecule has 0 aromatic heterocycles. The number of benzene rings is 2. The summed E-state index contributed by atoms with van der Waals surface area (Å²) in [6.07, 6.45) is 0. The maximum absolute atomic E-state index is 13.4. The molecule has 0 unspecified atom stereocenters. The number of nitro groups is 1. The van der Waals surface area contributed by atoms with Crippen LogP contribution < -0.4 is 14.4 Å². The van der Waals surface area contributed by atoms with Gasteiger partial charge in [0.25, 0.3) is 15.7 Å². The molecule has 11 heteroatoms. The zero-order chi connectivity index (χ0) is 21.8. The first-order chi connectivity index (χ1) is 13.6. The van der Waals surface area contributed by atoms with Crippen LogP contribution in [0.2, 0.25) is 5.02 Å². The van der Waals surface area contributed by atoms with E-state index < -0.39 is 27.4 Å². The molecule has 0 heterocycles. The summed E-state index contributed by atoms with van der Waals surface area (Å²) < 4.78 is 32.8. The van der Waals surface area contributed by atoms with Crippen molar-refractivity contribution in [2.45, 2.75) is 18.7 Å². The van der Waals surface area contributed by atoms with E-state index in [1.807, 2.05) is 0 Å². The molecule has 2 aromatic rings. The van der Waals surface area contributed by atoms with Gasteiger partial charge >= 0.3 is 0 Å². The van der Waals surface area contributed by atoms with Crippen LogP contribution in [0, 0.1) is 17.0 Å². The number of nitro benzene ring substituents is 1. The fraction of sp³-hybridized carbons (Fsp3) is 0.278. The zero-order valence-corrected chi connectivity index (χ0v) is 17.6. The average molecular weight is 442 g/mol. The molecule has 2 aromatic carbocycles. The highest BCUT2D eigenvalue weighted by Gasteiger charge is 2.31. The predicted molar refractivity (Wildman–Crippen MR) is 109 cm³/mol. The number of aryl methyl sites for hydroxylation is 1. The van der Waals surface area contributed by atoms with Gasteiger partial charge in [-0.3, -0.25) is 19.2 Å². The molecule has 0 spiro atoms. The van der Waals surface area contributed by atoms with Gasteiger partial charge in [-0.1, -0.05) is 17.7 Å². The van der Waals surface area contributed by atoms with Gasteiger partial charge in [-0.15, -0.1) is 0 Å². The molecule has 1 amide bonds. The third kappa shape index (κ3) is 4.96. The Labute approximate surface area is 173 Å². The molecule has 0 aliphatic heterocycles. The van der Waals surface area contributed by atoms with Crippen LogP contribution in [-0.4, -0.2) is 39.4 Å². The van der Waals surface area contributed by atoms with Crippen molar-refractivity contribution < 1.29 is 22.9 Å². The van der Waals surface area contributed by atoms with Gasteiger partial charge in [-0.05, 0) is 38.1 Å². The highest BCUT2D eigenvalue weighted by molar-refractivity contribution is 7.92. The van der Waals surface area contributed by atoms with E-state index in [4.69, 9.17) is 16.3 Å². The van der Waals surface area contributed by atoms with Crippen LogP contribution in [0.1, 0.15) is 12.5 Å². The maximum atomic E-state index is 13.4. The number of nitrogens with one attached hydrogen (secondary N) is 1. The standard InChI is InChI=1S/C18H20ClN3O6S/c1-4-20-18(23)11-21(16-9-13(19)6-8-17(16)28-3)29(26,27)14-7-5-12(2)15(10-14)22(24)25/h5-10H,4,11H2,1-3H3,(H,20,23). The molecule has 0 radical (unpaired) electrons. The van der Waals surface area contributed by atoms with Crippen LogP contribution in [0.3, 0.4) is 0 Å². The number of amides is 1.